The Balaban J connectivity index is 1.48. The Kier molecular flexibility index (Phi) is 5.89. The third-order valence-corrected chi connectivity index (χ3v) is 6.02. The van der Waals surface area contributed by atoms with Crippen molar-refractivity contribution in [3.8, 4) is 0 Å². The molecule has 4 rings (SSSR count). The zero-order valence-corrected chi connectivity index (χ0v) is 17.5. The van der Waals surface area contributed by atoms with E-state index in [4.69, 9.17) is 4.42 Å². The van der Waals surface area contributed by atoms with Gasteiger partial charge in [0.15, 0.2) is 5.16 Å². The first-order chi connectivity index (χ1) is 14.1. The number of anilines is 2. The monoisotopic (exact) mass is 411 g/mol. The molecule has 1 saturated heterocycles. The van der Waals surface area contributed by atoms with Crippen molar-refractivity contribution in [1.29, 1.82) is 0 Å². The first-order valence-electron chi connectivity index (χ1n) is 9.81. The maximum atomic E-state index is 12.6. The molecular formula is C21H25N5O2S. The number of amides is 1. The number of para-hydroxylation sites is 1. The molecule has 0 bridgehead atoms. The minimum Gasteiger partial charge on any atom is -0.467 e. The molecule has 1 fully saturated rings. The van der Waals surface area contributed by atoms with Gasteiger partial charge in [0, 0.05) is 18.8 Å². The molecule has 0 saturated carbocycles. The Bertz CT molecular complexity index is 957. The van der Waals surface area contributed by atoms with Crippen LogP contribution in [0.1, 0.15) is 29.7 Å². The topological polar surface area (TPSA) is 76.2 Å². The van der Waals surface area contributed by atoms with Gasteiger partial charge in [0.1, 0.15) is 5.76 Å². The van der Waals surface area contributed by atoms with Crippen molar-refractivity contribution in [2.24, 2.45) is 0 Å². The molecule has 0 unspecified atom stereocenters. The van der Waals surface area contributed by atoms with E-state index < -0.39 is 0 Å². The molecule has 7 nitrogen and oxygen atoms in total. The highest BCUT2D eigenvalue weighted by atomic mass is 32.2. The van der Waals surface area contributed by atoms with Gasteiger partial charge >= 0.3 is 0 Å². The van der Waals surface area contributed by atoms with Crippen molar-refractivity contribution < 1.29 is 9.21 Å². The molecule has 0 atom stereocenters. The molecule has 3 aromatic rings. The zero-order valence-electron chi connectivity index (χ0n) is 16.7. The Morgan fingerprint density at radius 2 is 1.90 bits per heavy atom. The summed E-state index contributed by atoms with van der Waals surface area (Å²) in [6.45, 7) is 6.50. The van der Waals surface area contributed by atoms with Gasteiger partial charge in [0.05, 0.1) is 18.6 Å². The summed E-state index contributed by atoms with van der Waals surface area (Å²) in [6, 6.07) is 9.80. The highest BCUT2D eigenvalue weighted by molar-refractivity contribution is 7.99. The first kappa shape index (κ1) is 19.6. The van der Waals surface area contributed by atoms with Gasteiger partial charge in [-0.2, -0.15) is 0 Å². The van der Waals surface area contributed by atoms with E-state index in [1.807, 2.05) is 48.7 Å². The van der Waals surface area contributed by atoms with Crippen molar-refractivity contribution in [2.75, 3.05) is 29.1 Å². The van der Waals surface area contributed by atoms with Crippen LogP contribution in [0.15, 0.2) is 46.2 Å². The van der Waals surface area contributed by atoms with E-state index in [1.54, 1.807) is 6.26 Å². The molecule has 0 aliphatic carbocycles. The lowest BCUT2D eigenvalue weighted by Gasteiger charge is -2.17. The smallest absolute Gasteiger partial charge is 0.234 e. The van der Waals surface area contributed by atoms with Gasteiger partial charge in [-0.05, 0) is 49.9 Å². The van der Waals surface area contributed by atoms with Crippen LogP contribution in [0.3, 0.4) is 0 Å². The highest BCUT2D eigenvalue weighted by Crippen LogP contribution is 2.26. The number of benzene rings is 1. The Morgan fingerprint density at radius 1 is 1.14 bits per heavy atom. The van der Waals surface area contributed by atoms with E-state index in [1.165, 1.54) is 11.8 Å². The van der Waals surface area contributed by atoms with Crippen LogP contribution in [-0.2, 0) is 11.3 Å². The van der Waals surface area contributed by atoms with Gasteiger partial charge in [-0.3, -0.25) is 9.36 Å². The van der Waals surface area contributed by atoms with Crippen LogP contribution in [0, 0.1) is 13.8 Å². The number of carbonyl (C=O) groups excluding carboxylic acids is 1. The van der Waals surface area contributed by atoms with Crippen molar-refractivity contribution in [3.05, 3.63) is 53.5 Å². The van der Waals surface area contributed by atoms with Gasteiger partial charge in [-0.1, -0.05) is 30.0 Å². The van der Waals surface area contributed by atoms with Crippen molar-refractivity contribution in [3.63, 3.8) is 0 Å². The van der Waals surface area contributed by atoms with E-state index >= 15 is 0 Å². The summed E-state index contributed by atoms with van der Waals surface area (Å²) in [7, 11) is 0. The summed E-state index contributed by atoms with van der Waals surface area (Å²) >= 11 is 1.40. The molecule has 1 aliphatic heterocycles. The van der Waals surface area contributed by atoms with Crippen LogP contribution >= 0.6 is 11.8 Å². The molecular weight excluding hydrogens is 386 g/mol. The summed E-state index contributed by atoms with van der Waals surface area (Å²) in [5.41, 5.74) is 2.99. The molecule has 29 heavy (non-hydrogen) atoms. The van der Waals surface area contributed by atoms with E-state index in [2.05, 4.69) is 20.4 Å². The van der Waals surface area contributed by atoms with E-state index in [9.17, 15) is 4.79 Å². The van der Waals surface area contributed by atoms with Crippen molar-refractivity contribution in [2.45, 2.75) is 38.4 Å². The molecule has 3 heterocycles. The third-order valence-electron chi connectivity index (χ3n) is 5.06. The quantitative estimate of drug-likeness (QED) is 0.595. The van der Waals surface area contributed by atoms with Gasteiger partial charge in [-0.15, -0.1) is 10.2 Å². The Morgan fingerprint density at radius 3 is 2.59 bits per heavy atom. The number of nitrogens with one attached hydrogen (secondary N) is 1. The number of carbonyl (C=O) groups is 1. The number of hydrogen-bond donors (Lipinski definition) is 1. The van der Waals surface area contributed by atoms with E-state index in [0.29, 0.717) is 6.54 Å². The van der Waals surface area contributed by atoms with Crippen LogP contribution in [-0.4, -0.2) is 39.5 Å². The molecule has 0 radical (unpaired) electrons. The van der Waals surface area contributed by atoms with Crippen LogP contribution in [0.5, 0.6) is 0 Å². The lowest BCUT2D eigenvalue weighted by molar-refractivity contribution is -0.113. The molecule has 1 N–H and O–H groups in total. The summed E-state index contributed by atoms with van der Waals surface area (Å²) in [6.07, 6.45) is 3.99. The van der Waals surface area contributed by atoms with Gasteiger partial charge in [0.2, 0.25) is 11.9 Å². The second kappa shape index (κ2) is 8.73. The number of rotatable bonds is 7. The van der Waals surface area contributed by atoms with Crippen molar-refractivity contribution >= 4 is 29.3 Å². The van der Waals surface area contributed by atoms with Crippen LogP contribution < -0.4 is 10.2 Å². The maximum absolute atomic E-state index is 12.6. The van der Waals surface area contributed by atoms with Gasteiger partial charge in [0.25, 0.3) is 0 Å². The van der Waals surface area contributed by atoms with Crippen LogP contribution in [0.4, 0.5) is 11.6 Å². The number of furan rings is 1. The lowest BCUT2D eigenvalue weighted by Crippen LogP contribution is -2.23. The molecule has 2 aromatic heterocycles. The number of nitrogens with zero attached hydrogens (tertiary/aromatic N) is 4. The van der Waals surface area contributed by atoms with Crippen LogP contribution in [0.2, 0.25) is 0 Å². The second-order valence-corrected chi connectivity index (χ2v) is 8.19. The largest absolute Gasteiger partial charge is 0.467 e. The maximum Gasteiger partial charge on any atom is 0.234 e. The predicted octanol–water partition coefficient (Wildman–Crippen LogP) is 3.87. The first-order valence-corrected chi connectivity index (χ1v) is 10.8. The van der Waals surface area contributed by atoms with Crippen molar-refractivity contribution in [1.82, 2.24) is 14.8 Å². The number of hydrogen-bond acceptors (Lipinski definition) is 6. The fourth-order valence-electron chi connectivity index (χ4n) is 3.55. The Hall–Kier alpha value is -2.74. The average molecular weight is 412 g/mol. The summed E-state index contributed by atoms with van der Waals surface area (Å²) < 4.78 is 7.57. The summed E-state index contributed by atoms with van der Waals surface area (Å²) in [4.78, 5) is 14.8. The number of thioether (sulfide) groups is 1. The fourth-order valence-corrected chi connectivity index (χ4v) is 4.29. The van der Waals surface area contributed by atoms with E-state index in [0.717, 1.165) is 59.6 Å². The average Bonchev–Trinajstić information content (AvgIpc) is 3.46. The summed E-state index contributed by atoms with van der Waals surface area (Å²) in [5.74, 6) is 1.90. The van der Waals surface area contributed by atoms with Gasteiger partial charge < -0.3 is 14.6 Å². The molecule has 152 valence electrons. The SMILES string of the molecule is Cc1cccc(C)c1NC(=O)CSc1nnc(N2CCCC2)n1Cc1ccco1. The standard InChI is InChI=1S/C21H25N5O2S/c1-15-7-5-8-16(2)19(15)22-18(27)14-29-21-24-23-20(25-10-3-4-11-25)26(21)13-17-9-6-12-28-17/h5-9,12H,3-4,10-11,13-14H2,1-2H3,(H,22,27). The van der Waals surface area contributed by atoms with Crippen LogP contribution in [0.25, 0.3) is 0 Å². The Labute approximate surface area is 174 Å². The second-order valence-electron chi connectivity index (χ2n) is 7.25. The molecule has 1 amide bonds. The molecule has 8 heteroatoms. The minimum absolute atomic E-state index is 0.0531. The molecule has 1 aromatic carbocycles. The fraction of sp³-hybridized carbons (Fsp3) is 0.381. The van der Waals surface area contributed by atoms with Gasteiger partial charge in [-0.25, -0.2) is 0 Å². The predicted molar refractivity (Wildman–Crippen MR) is 115 cm³/mol. The normalized spacial score (nSPS) is 13.8. The summed E-state index contributed by atoms with van der Waals surface area (Å²) in [5, 5.41) is 12.5. The van der Waals surface area contributed by atoms with E-state index in [-0.39, 0.29) is 11.7 Å². The molecule has 0 spiro atoms. The highest BCUT2D eigenvalue weighted by Gasteiger charge is 2.22. The third kappa shape index (κ3) is 4.48. The minimum atomic E-state index is -0.0531. The lowest BCUT2D eigenvalue weighted by atomic mass is 10.1. The number of aromatic nitrogens is 3. The zero-order chi connectivity index (χ0) is 20.2. The number of aryl methyl sites for hydroxylation is 2. The molecule has 1 aliphatic rings.